The smallest absolute Gasteiger partial charge is 0.200 e. The van der Waals surface area contributed by atoms with Crippen molar-refractivity contribution in [2.75, 3.05) is 26.4 Å². The molecular formula is C27H30N2O3. The van der Waals surface area contributed by atoms with Crippen LogP contribution in [0.4, 0.5) is 0 Å². The number of fused-ring (bicyclic) bond motifs is 4. The van der Waals surface area contributed by atoms with E-state index in [-0.39, 0.29) is 5.43 Å². The van der Waals surface area contributed by atoms with Crippen molar-refractivity contribution in [3.05, 3.63) is 64.5 Å². The molecule has 6 rings (SSSR count). The first-order chi connectivity index (χ1) is 15.8. The van der Waals surface area contributed by atoms with Gasteiger partial charge in [0, 0.05) is 19.1 Å². The summed E-state index contributed by atoms with van der Waals surface area (Å²) in [5, 5.41) is 0.631. The number of benzene rings is 2. The van der Waals surface area contributed by atoms with Crippen molar-refractivity contribution in [3.8, 4) is 16.9 Å². The van der Waals surface area contributed by atoms with Crippen molar-refractivity contribution in [2.45, 2.75) is 44.7 Å². The monoisotopic (exact) mass is 430 g/mol. The van der Waals surface area contributed by atoms with Crippen LogP contribution in [0.25, 0.3) is 22.1 Å². The number of nitrogens with zero attached hydrogens (tertiary/aromatic N) is 2. The van der Waals surface area contributed by atoms with Crippen molar-refractivity contribution >= 4 is 11.0 Å². The van der Waals surface area contributed by atoms with Crippen LogP contribution in [0.2, 0.25) is 0 Å². The Balaban J connectivity index is 1.29. The van der Waals surface area contributed by atoms with E-state index in [0.29, 0.717) is 29.2 Å². The van der Waals surface area contributed by atoms with Gasteiger partial charge in [-0.2, -0.15) is 0 Å². The van der Waals surface area contributed by atoms with Gasteiger partial charge >= 0.3 is 0 Å². The summed E-state index contributed by atoms with van der Waals surface area (Å²) in [6.45, 7) is 4.95. The van der Waals surface area contributed by atoms with Crippen molar-refractivity contribution in [3.63, 3.8) is 0 Å². The highest BCUT2D eigenvalue weighted by Gasteiger charge is 2.35. The lowest BCUT2D eigenvalue weighted by Gasteiger charge is -2.46. The molecule has 0 unspecified atom stereocenters. The van der Waals surface area contributed by atoms with Gasteiger partial charge in [0.1, 0.15) is 24.3 Å². The van der Waals surface area contributed by atoms with Gasteiger partial charge in [0.25, 0.3) is 0 Å². The topological polar surface area (TPSA) is 45.9 Å². The van der Waals surface area contributed by atoms with E-state index in [2.05, 4.69) is 9.80 Å². The van der Waals surface area contributed by atoms with Gasteiger partial charge in [0.15, 0.2) is 0 Å². The summed E-state index contributed by atoms with van der Waals surface area (Å²) in [5.74, 6) is 1.54. The minimum atomic E-state index is 0.0162. The quantitative estimate of drug-likeness (QED) is 0.593. The number of ether oxygens (including phenoxy) is 1. The minimum absolute atomic E-state index is 0.0162. The van der Waals surface area contributed by atoms with Gasteiger partial charge in [-0.3, -0.25) is 9.69 Å². The van der Waals surface area contributed by atoms with E-state index in [9.17, 15) is 4.79 Å². The molecule has 166 valence electrons. The number of rotatable bonds is 3. The summed E-state index contributed by atoms with van der Waals surface area (Å²) in [7, 11) is 0. The molecule has 0 saturated carbocycles. The van der Waals surface area contributed by atoms with E-state index in [1.165, 1.54) is 45.2 Å². The Morgan fingerprint density at radius 3 is 2.75 bits per heavy atom. The normalized spacial score (nSPS) is 24.0. The molecular weight excluding hydrogens is 400 g/mol. The van der Waals surface area contributed by atoms with Crippen LogP contribution >= 0.6 is 0 Å². The zero-order valence-corrected chi connectivity index (χ0v) is 18.5. The highest BCUT2D eigenvalue weighted by atomic mass is 16.5. The van der Waals surface area contributed by atoms with E-state index in [1.807, 2.05) is 42.5 Å². The number of hydrogen-bond donors (Lipinski definition) is 0. The maximum atomic E-state index is 13.3. The van der Waals surface area contributed by atoms with Gasteiger partial charge in [0.05, 0.1) is 16.5 Å². The lowest BCUT2D eigenvalue weighted by molar-refractivity contribution is 0.0146. The number of hydrogen-bond acceptors (Lipinski definition) is 5. The van der Waals surface area contributed by atoms with Gasteiger partial charge in [-0.1, -0.05) is 36.8 Å². The van der Waals surface area contributed by atoms with E-state index in [1.54, 1.807) is 6.26 Å². The van der Waals surface area contributed by atoms with E-state index in [0.717, 1.165) is 36.0 Å². The molecule has 5 heteroatoms. The van der Waals surface area contributed by atoms with Gasteiger partial charge in [-0.15, -0.1) is 0 Å². The minimum Gasteiger partial charge on any atom is -0.478 e. The van der Waals surface area contributed by atoms with Crippen molar-refractivity contribution < 1.29 is 9.15 Å². The average Bonchev–Trinajstić information content (AvgIpc) is 2.85. The largest absolute Gasteiger partial charge is 0.478 e. The Morgan fingerprint density at radius 2 is 1.84 bits per heavy atom. The molecule has 2 aromatic carbocycles. The van der Waals surface area contributed by atoms with E-state index >= 15 is 0 Å². The molecule has 0 N–H and O–H groups in total. The van der Waals surface area contributed by atoms with Crippen LogP contribution in [-0.2, 0) is 6.54 Å². The Bertz CT molecular complexity index is 1170. The maximum absolute atomic E-state index is 13.3. The fourth-order valence-electron chi connectivity index (χ4n) is 6.01. The Morgan fingerprint density at radius 1 is 0.969 bits per heavy atom. The zero-order chi connectivity index (χ0) is 21.5. The van der Waals surface area contributed by atoms with Gasteiger partial charge < -0.3 is 14.1 Å². The molecule has 2 saturated heterocycles. The second kappa shape index (κ2) is 8.38. The third kappa shape index (κ3) is 3.54. The predicted octanol–water partition coefficient (Wildman–Crippen LogP) is 4.88. The molecule has 3 aliphatic rings. The van der Waals surface area contributed by atoms with Crippen LogP contribution in [0.5, 0.6) is 5.75 Å². The highest BCUT2D eigenvalue weighted by Crippen LogP contribution is 2.35. The second-order valence-corrected chi connectivity index (χ2v) is 9.55. The SMILES string of the molecule is O=c1c(-c2ccccc2)coc2c3c(ccc12)OCN(C[C@H]1CCCN2CCCC[C@H]12)C3. The van der Waals surface area contributed by atoms with Crippen LogP contribution in [0.3, 0.4) is 0 Å². The Labute approximate surface area is 188 Å². The summed E-state index contributed by atoms with van der Waals surface area (Å²) in [6.07, 6.45) is 8.24. The van der Waals surface area contributed by atoms with Crippen LogP contribution in [0, 0.1) is 5.92 Å². The Kier molecular flexibility index (Phi) is 5.24. The molecule has 0 amide bonds. The average molecular weight is 431 g/mol. The molecule has 32 heavy (non-hydrogen) atoms. The molecule has 2 atom stereocenters. The van der Waals surface area contributed by atoms with E-state index < -0.39 is 0 Å². The Hall–Kier alpha value is -2.63. The van der Waals surface area contributed by atoms with Crippen molar-refractivity contribution in [2.24, 2.45) is 5.92 Å². The van der Waals surface area contributed by atoms with Crippen LogP contribution < -0.4 is 10.2 Å². The van der Waals surface area contributed by atoms with Gasteiger partial charge in [-0.25, -0.2) is 0 Å². The molecule has 0 radical (unpaired) electrons. The molecule has 3 aliphatic heterocycles. The standard InChI is InChI=1S/C27H30N2O3/c30-26-21-11-12-25-22(27(21)31-17-23(26)19-7-2-1-3-8-19)16-28(18-32-25)15-20-9-6-14-29-13-5-4-10-24(20)29/h1-3,7-8,11-12,17,20,24H,4-6,9-10,13-16,18H2/t20-,24-/m1/s1. The fourth-order valence-corrected chi connectivity index (χ4v) is 6.01. The zero-order valence-electron chi connectivity index (χ0n) is 18.5. The first kappa shape index (κ1) is 20.0. The predicted molar refractivity (Wildman–Crippen MR) is 126 cm³/mol. The van der Waals surface area contributed by atoms with Crippen LogP contribution in [0.1, 0.15) is 37.7 Å². The molecule has 3 aromatic rings. The third-order valence-corrected chi connectivity index (χ3v) is 7.59. The van der Waals surface area contributed by atoms with Crippen molar-refractivity contribution in [1.82, 2.24) is 9.80 Å². The first-order valence-electron chi connectivity index (χ1n) is 12.0. The van der Waals surface area contributed by atoms with Crippen LogP contribution in [-0.4, -0.2) is 42.2 Å². The first-order valence-corrected chi connectivity index (χ1v) is 12.0. The summed E-state index contributed by atoms with van der Waals surface area (Å²) in [5.41, 5.74) is 3.17. The third-order valence-electron chi connectivity index (χ3n) is 7.59. The highest BCUT2D eigenvalue weighted by molar-refractivity contribution is 5.85. The van der Waals surface area contributed by atoms with Gasteiger partial charge in [-0.05, 0) is 62.4 Å². The van der Waals surface area contributed by atoms with E-state index in [4.69, 9.17) is 9.15 Å². The summed E-state index contributed by atoms with van der Waals surface area (Å²) in [4.78, 5) is 18.4. The molecule has 0 bridgehead atoms. The van der Waals surface area contributed by atoms with Crippen molar-refractivity contribution in [1.29, 1.82) is 0 Å². The molecule has 2 fully saturated rings. The lowest BCUT2D eigenvalue weighted by atomic mass is 9.83. The molecule has 1 aromatic heterocycles. The second-order valence-electron chi connectivity index (χ2n) is 9.55. The van der Waals surface area contributed by atoms with Crippen LogP contribution in [0.15, 0.2) is 57.9 Å². The molecule has 5 nitrogen and oxygen atoms in total. The molecule has 0 aliphatic carbocycles. The maximum Gasteiger partial charge on any atom is 0.200 e. The lowest BCUT2D eigenvalue weighted by Crippen LogP contribution is -2.51. The molecule has 0 spiro atoms. The summed E-state index contributed by atoms with van der Waals surface area (Å²) >= 11 is 0. The summed E-state index contributed by atoms with van der Waals surface area (Å²) in [6, 6.07) is 14.2. The molecule has 4 heterocycles. The van der Waals surface area contributed by atoms with Gasteiger partial charge in [0.2, 0.25) is 5.43 Å². The fraction of sp³-hybridized carbons (Fsp3) is 0.444. The summed E-state index contributed by atoms with van der Waals surface area (Å²) < 4.78 is 12.2. The number of piperidine rings is 2.